The van der Waals surface area contributed by atoms with Crippen molar-refractivity contribution < 1.29 is 8.85 Å². The van der Waals surface area contributed by atoms with Crippen molar-refractivity contribution in [2.24, 2.45) is 0 Å². The van der Waals surface area contributed by atoms with Crippen LogP contribution in [0.25, 0.3) is 0 Å². The molecule has 126 valence electrons. The highest BCUT2D eigenvalue weighted by atomic mass is 28.4. The van der Waals surface area contributed by atoms with E-state index in [1.807, 2.05) is 0 Å². The Bertz CT molecular complexity index is 355. The van der Waals surface area contributed by atoms with E-state index in [1.165, 1.54) is 31.2 Å². The molecule has 0 heterocycles. The lowest BCUT2D eigenvalue weighted by Gasteiger charge is -2.30. The van der Waals surface area contributed by atoms with Gasteiger partial charge in [0.2, 0.25) is 0 Å². The van der Waals surface area contributed by atoms with E-state index in [0.717, 1.165) is 38.1 Å². The molecule has 22 heavy (non-hydrogen) atoms. The quantitative estimate of drug-likeness (QED) is 0.345. The zero-order valence-corrected chi connectivity index (χ0v) is 15.8. The number of hydrogen-bond donors (Lipinski definition) is 0. The van der Waals surface area contributed by atoms with Gasteiger partial charge in [-0.25, -0.2) is 0 Å². The molecule has 1 rings (SSSR count). The van der Waals surface area contributed by atoms with Gasteiger partial charge in [-0.3, -0.25) is 0 Å². The fraction of sp³-hybridized carbons (Fsp3) is 0.684. The molecule has 1 aromatic carbocycles. The summed E-state index contributed by atoms with van der Waals surface area (Å²) in [7, 11) is -2.11. The highest BCUT2D eigenvalue weighted by Gasteiger charge is 2.35. The maximum atomic E-state index is 6.38. The van der Waals surface area contributed by atoms with Gasteiger partial charge in [0.15, 0.2) is 0 Å². The van der Waals surface area contributed by atoms with Crippen molar-refractivity contribution in [3.63, 3.8) is 0 Å². The summed E-state index contributed by atoms with van der Waals surface area (Å²) in [4.78, 5) is 0. The van der Waals surface area contributed by atoms with Gasteiger partial charge in [-0.2, -0.15) is 0 Å². The molecule has 0 spiro atoms. The molecule has 1 aromatic rings. The van der Waals surface area contributed by atoms with Gasteiger partial charge < -0.3 is 8.85 Å². The molecular formula is C19H34O2Si. The lowest BCUT2D eigenvalue weighted by Crippen LogP contribution is -2.45. The van der Waals surface area contributed by atoms with Crippen LogP contribution >= 0.6 is 0 Å². The van der Waals surface area contributed by atoms with Crippen molar-refractivity contribution in [3.05, 3.63) is 35.9 Å². The van der Waals surface area contributed by atoms with Crippen LogP contribution in [0.5, 0.6) is 0 Å². The molecule has 0 atom stereocenters. The van der Waals surface area contributed by atoms with E-state index in [2.05, 4.69) is 51.1 Å². The van der Waals surface area contributed by atoms with E-state index < -0.39 is 8.56 Å². The molecule has 0 aliphatic carbocycles. The lowest BCUT2D eigenvalue weighted by molar-refractivity contribution is 0.161. The van der Waals surface area contributed by atoms with Crippen LogP contribution in [-0.4, -0.2) is 21.8 Å². The van der Waals surface area contributed by atoms with Gasteiger partial charge in [0.25, 0.3) is 0 Å². The van der Waals surface area contributed by atoms with Gasteiger partial charge in [-0.15, -0.1) is 0 Å². The zero-order chi connectivity index (χ0) is 16.1. The van der Waals surface area contributed by atoms with E-state index in [4.69, 9.17) is 8.85 Å². The van der Waals surface area contributed by atoms with Crippen molar-refractivity contribution in [3.8, 4) is 0 Å². The molecule has 0 fully saturated rings. The first-order chi connectivity index (χ1) is 10.8. The number of rotatable bonds is 13. The third-order valence-corrected chi connectivity index (χ3v) is 7.57. The predicted octanol–water partition coefficient (Wildman–Crippen LogP) is 5.64. The van der Waals surface area contributed by atoms with Gasteiger partial charge in [-0.1, -0.05) is 76.8 Å². The third kappa shape index (κ3) is 7.57. The number of hydrogen-bond acceptors (Lipinski definition) is 2. The largest absolute Gasteiger partial charge is 0.394 e. The minimum atomic E-state index is -2.11. The highest BCUT2D eigenvalue weighted by Crippen LogP contribution is 2.21. The van der Waals surface area contributed by atoms with Crippen LogP contribution in [0.3, 0.4) is 0 Å². The summed E-state index contributed by atoms with van der Waals surface area (Å²) < 4.78 is 12.8. The standard InChI is InChI=1S/C19H34O2Si/c1-4-7-12-16-20-22(6-3,21-17-13-8-5-2)18-19-14-10-9-11-15-19/h9-11,14-15H,4-8,12-13,16-18H2,1-3H3. The molecule has 0 saturated carbocycles. The molecule has 2 nitrogen and oxygen atoms in total. The van der Waals surface area contributed by atoms with Crippen LogP contribution in [0.1, 0.15) is 64.9 Å². The topological polar surface area (TPSA) is 18.5 Å². The van der Waals surface area contributed by atoms with Crippen molar-refractivity contribution >= 4 is 8.56 Å². The number of benzene rings is 1. The molecule has 3 heteroatoms. The first-order valence-electron chi connectivity index (χ1n) is 9.08. The predicted molar refractivity (Wildman–Crippen MR) is 97.3 cm³/mol. The molecule has 0 radical (unpaired) electrons. The van der Waals surface area contributed by atoms with E-state index in [9.17, 15) is 0 Å². The average Bonchev–Trinajstić information content (AvgIpc) is 2.56. The van der Waals surface area contributed by atoms with Crippen molar-refractivity contribution in [1.82, 2.24) is 0 Å². The maximum Gasteiger partial charge on any atom is 0.342 e. The molecule has 0 unspecified atom stereocenters. The SMILES string of the molecule is CCCCCO[Si](CC)(Cc1ccccc1)OCCCCC. The molecule has 0 N–H and O–H groups in total. The summed E-state index contributed by atoms with van der Waals surface area (Å²) in [6, 6.07) is 12.7. The van der Waals surface area contributed by atoms with Crippen LogP contribution in [0, 0.1) is 0 Å². The van der Waals surface area contributed by atoms with Crippen molar-refractivity contribution in [2.75, 3.05) is 13.2 Å². The Morgan fingerprint density at radius 3 is 1.77 bits per heavy atom. The van der Waals surface area contributed by atoms with Crippen molar-refractivity contribution in [2.45, 2.75) is 71.4 Å². The molecule has 0 bridgehead atoms. The Morgan fingerprint density at radius 2 is 1.32 bits per heavy atom. The van der Waals surface area contributed by atoms with Gasteiger partial charge in [0, 0.05) is 19.3 Å². The minimum absolute atomic E-state index is 0.856. The highest BCUT2D eigenvalue weighted by molar-refractivity contribution is 6.66. The minimum Gasteiger partial charge on any atom is -0.394 e. The molecule has 0 saturated heterocycles. The van der Waals surface area contributed by atoms with Crippen molar-refractivity contribution in [1.29, 1.82) is 0 Å². The van der Waals surface area contributed by atoms with Crippen LogP contribution < -0.4 is 0 Å². The Morgan fingerprint density at radius 1 is 0.773 bits per heavy atom. The monoisotopic (exact) mass is 322 g/mol. The second kappa shape index (κ2) is 11.9. The smallest absolute Gasteiger partial charge is 0.342 e. The van der Waals surface area contributed by atoms with Crippen LogP contribution in [0.2, 0.25) is 6.04 Å². The Balaban J connectivity index is 2.62. The van der Waals surface area contributed by atoms with E-state index in [-0.39, 0.29) is 0 Å². The molecule has 0 aromatic heterocycles. The lowest BCUT2D eigenvalue weighted by atomic mass is 10.2. The maximum absolute atomic E-state index is 6.38. The Labute approximate surface area is 138 Å². The fourth-order valence-corrected chi connectivity index (χ4v) is 5.44. The van der Waals surface area contributed by atoms with Gasteiger partial charge in [-0.05, 0) is 24.4 Å². The van der Waals surface area contributed by atoms with Crippen LogP contribution in [0.15, 0.2) is 30.3 Å². The second-order valence-corrected chi connectivity index (χ2v) is 9.50. The summed E-state index contributed by atoms with van der Waals surface area (Å²) in [6.45, 7) is 8.41. The summed E-state index contributed by atoms with van der Waals surface area (Å²) >= 11 is 0. The Kier molecular flexibility index (Phi) is 10.5. The van der Waals surface area contributed by atoms with Gasteiger partial charge in [0.05, 0.1) is 0 Å². The average molecular weight is 323 g/mol. The summed E-state index contributed by atoms with van der Waals surface area (Å²) in [5.41, 5.74) is 1.35. The summed E-state index contributed by atoms with van der Waals surface area (Å²) in [5.74, 6) is 0. The first-order valence-corrected chi connectivity index (χ1v) is 11.3. The first kappa shape index (κ1) is 19.4. The molecule has 0 amide bonds. The summed E-state index contributed by atoms with van der Waals surface area (Å²) in [6.07, 6.45) is 7.27. The zero-order valence-electron chi connectivity index (χ0n) is 14.8. The number of unbranched alkanes of at least 4 members (excludes halogenated alkanes) is 4. The molecule has 0 aliphatic heterocycles. The van der Waals surface area contributed by atoms with E-state index >= 15 is 0 Å². The third-order valence-electron chi connectivity index (χ3n) is 4.08. The second-order valence-electron chi connectivity index (χ2n) is 6.04. The fourth-order valence-electron chi connectivity index (χ4n) is 2.60. The summed E-state index contributed by atoms with van der Waals surface area (Å²) in [5, 5.41) is 0. The van der Waals surface area contributed by atoms with Crippen LogP contribution in [0.4, 0.5) is 0 Å². The van der Waals surface area contributed by atoms with Gasteiger partial charge >= 0.3 is 8.56 Å². The van der Waals surface area contributed by atoms with Gasteiger partial charge in [0.1, 0.15) is 0 Å². The normalized spacial score (nSPS) is 11.8. The van der Waals surface area contributed by atoms with E-state index in [1.54, 1.807) is 0 Å². The Hall–Kier alpha value is -0.643. The van der Waals surface area contributed by atoms with Crippen LogP contribution in [-0.2, 0) is 14.9 Å². The molecular weight excluding hydrogens is 288 g/mol. The van der Waals surface area contributed by atoms with E-state index in [0.29, 0.717) is 0 Å². The molecule has 0 aliphatic rings.